The van der Waals surface area contributed by atoms with Gasteiger partial charge in [0.2, 0.25) is 0 Å². The lowest BCUT2D eigenvalue weighted by Crippen LogP contribution is -2.54. The average Bonchev–Trinajstić information content (AvgIpc) is 3.35. The topological polar surface area (TPSA) is 55.2 Å². The largest absolute Gasteiger partial charge is 0.325 e. The number of hydrogen-bond donors (Lipinski definition) is 0. The zero-order chi connectivity index (χ0) is 25.3. The van der Waals surface area contributed by atoms with Crippen LogP contribution in [-0.2, 0) is 10.3 Å². The number of Topliss-reactive ketones (excluding diaryl/α,β-unsaturated/α-hetero) is 1. The summed E-state index contributed by atoms with van der Waals surface area (Å²) in [6.07, 6.45) is 4.26. The van der Waals surface area contributed by atoms with Crippen LogP contribution in [0.2, 0.25) is 10.0 Å². The summed E-state index contributed by atoms with van der Waals surface area (Å²) in [6, 6.07) is 24.1. The van der Waals surface area contributed by atoms with Gasteiger partial charge in [0.05, 0.1) is 11.3 Å². The quantitative estimate of drug-likeness (QED) is 0.287. The number of nitrogens with zero attached hydrogens (tertiary/aromatic N) is 3. The molecule has 0 bridgehead atoms. The van der Waals surface area contributed by atoms with Crippen molar-refractivity contribution in [1.82, 2.24) is 14.7 Å². The third-order valence-electron chi connectivity index (χ3n) is 6.93. The summed E-state index contributed by atoms with van der Waals surface area (Å²) in [4.78, 5) is 29.4. The molecule has 36 heavy (non-hydrogen) atoms. The van der Waals surface area contributed by atoms with E-state index in [2.05, 4.69) is 0 Å². The molecule has 1 aromatic heterocycles. The van der Waals surface area contributed by atoms with Crippen molar-refractivity contribution in [2.75, 3.05) is 7.05 Å². The second kappa shape index (κ2) is 9.92. The highest BCUT2D eigenvalue weighted by molar-refractivity contribution is 6.32. The molecule has 1 atom stereocenters. The minimum absolute atomic E-state index is 0.00111. The molecule has 1 aliphatic rings. The number of hydrogen-bond acceptors (Lipinski definition) is 3. The Morgan fingerprint density at radius 2 is 1.64 bits per heavy atom. The number of rotatable bonds is 5. The third kappa shape index (κ3) is 4.23. The number of halogens is 2. The zero-order valence-electron chi connectivity index (χ0n) is 19.8. The molecule has 7 heteroatoms. The molecule has 1 amide bonds. The number of para-hydroxylation sites is 1. The van der Waals surface area contributed by atoms with E-state index in [0.29, 0.717) is 39.7 Å². The van der Waals surface area contributed by atoms with Gasteiger partial charge < -0.3 is 4.90 Å². The van der Waals surface area contributed by atoms with Gasteiger partial charge in [-0.1, -0.05) is 71.7 Å². The molecule has 0 saturated heterocycles. The van der Waals surface area contributed by atoms with E-state index < -0.39 is 5.54 Å². The smallest absolute Gasteiger partial charge is 0.258 e. The fourth-order valence-electron chi connectivity index (χ4n) is 5.05. The number of aromatic nitrogens is 2. The first-order valence-electron chi connectivity index (χ1n) is 11.9. The molecule has 182 valence electrons. The predicted octanol–water partition coefficient (Wildman–Crippen LogP) is 6.96. The molecular weight excluding hydrogens is 493 g/mol. The van der Waals surface area contributed by atoms with Crippen LogP contribution in [0.1, 0.15) is 41.6 Å². The van der Waals surface area contributed by atoms with Crippen molar-refractivity contribution in [3.05, 3.63) is 106 Å². The van der Waals surface area contributed by atoms with E-state index in [1.807, 2.05) is 60.7 Å². The highest BCUT2D eigenvalue weighted by Gasteiger charge is 2.48. The maximum atomic E-state index is 14.2. The summed E-state index contributed by atoms with van der Waals surface area (Å²) >= 11 is 12.7. The number of amides is 1. The Morgan fingerprint density at radius 3 is 2.33 bits per heavy atom. The van der Waals surface area contributed by atoms with Gasteiger partial charge in [-0.15, -0.1) is 0 Å². The summed E-state index contributed by atoms with van der Waals surface area (Å²) in [5, 5.41) is 5.85. The molecule has 1 aliphatic carbocycles. The molecule has 5 nitrogen and oxygen atoms in total. The Morgan fingerprint density at radius 1 is 0.944 bits per heavy atom. The molecule has 0 radical (unpaired) electrons. The molecule has 4 aromatic rings. The Bertz CT molecular complexity index is 1420. The van der Waals surface area contributed by atoms with Gasteiger partial charge in [0.1, 0.15) is 11.2 Å². The molecule has 0 unspecified atom stereocenters. The first-order valence-corrected chi connectivity index (χ1v) is 12.6. The first-order chi connectivity index (χ1) is 17.4. The summed E-state index contributed by atoms with van der Waals surface area (Å²) < 4.78 is 1.69. The van der Waals surface area contributed by atoms with Crippen LogP contribution in [0.3, 0.4) is 0 Å². The fraction of sp³-hybridized carbons (Fsp3) is 0.207. The summed E-state index contributed by atoms with van der Waals surface area (Å²) in [7, 11) is 1.69. The number of carbonyl (C=O) groups is 2. The molecule has 0 aliphatic heterocycles. The van der Waals surface area contributed by atoms with Crippen molar-refractivity contribution in [3.63, 3.8) is 0 Å². The fourth-order valence-corrected chi connectivity index (χ4v) is 5.47. The minimum Gasteiger partial charge on any atom is -0.325 e. The third-order valence-corrected chi connectivity index (χ3v) is 7.51. The standard InChI is InChI=1S/C29H25Cl2N3O2/c1-33(29(18-8-7-13-26(29)35)24-11-5-6-12-25(24)31)28(36)23-19-34(22-9-3-2-4-10-22)32-27(23)20-14-16-21(30)17-15-20/h2-6,9-12,14-17,19H,7-8,13,18H2,1H3/t29-/m0/s1. The Balaban J connectivity index is 1.65. The number of carbonyl (C=O) groups excluding carboxylic acids is 2. The minimum atomic E-state index is -1.14. The van der Waals surface area contributed by atoms with Crippen molar-refractivity contribution < 1.29 is 9.59 Å². The van der Waals surface area contributed by atoms with E-state index in [0.717, 1.165) is 24.1 Å². The number of ketones is 1. The van der Waals surface area contributed by atoms with Crippen LogP contribution in [-0.4, -0.2) is 33.4 Å². The van der Waals surface area contributed by atoms with Crippen molar-refractivity contribution >= 4 is 34.9 Å². The highest BCUT2D eigenvalue weighted by atomic mass is 35.5. The molecule has 3 aromatic carbocycles. The summed E-state index contributed by atoms with van der Waals surface area (Å²) in [5.41, 5.74) is 2.02. The molecule has 0 spiro atoms. The highest BCUT2D eigenvalue weighted by Crippen LogP contribution is 2.43. The molecule has 0 N–H and O–H groups in total. The van der Waals surface area contributed by atoms with Crippen molar-refractivity contribution in [1.29, 1.82) is 0 Å². The monoisotopic (exact) mass is 517 g/mol. The maximum Gasteiger partial charge on any atom is 0.258 e. The van der Waals surface area contributed by atoms with E-state index in [-0.39, 0.29) is 11.7 Å². The van der Waals surface area contributed by atoms with Gasteiger partial charge in [0.15, 0.2) is 5.78 Å². The van der Waals surface area contributed by atoms with Crippen LogP contribution in [0.15, 0.2) is 85.1 Å². The lowest BCUT2D eigenvalue weighted by molar-refractivity contribution is -0.132. The second-order valence-electron chi connectivity index (χ2n) is 9.01. The summed E-state index contributed by atoms with van der Waals surface area (Å²) in [6.45, 7) is 0. The van der Waals surface area contributed by atoms with Gasteiger partial charge in [-0.05, 0) is 49.6 Å². The van der Waals surface area contributed by atoms with Gasteiger partial charge >= 0.3 is 0 Å². The van der Waals surface area contributed by atoms with Crippen molar-refractivity contribution in [2.45, 2.75) is 31.2 Å². The zero-order valence-corrected chi connectivity index (χ0v) is 21.3. The number of benzene rings is 3. The van der Waals surface area contributed by atoms with Crippen LogP contribution < -0.4 is 0 Å². The van der Waals surface area contributed by atoms with Gasteiger partial charge in [-0.25, -0.2) is 4.68 Å². The SMILES string of the molecule is CN(C(=O)c1cn(-c2ccccc2)nc1-c1ccc(Cl)cc1)[C@]1(c2ccccc2Cl)CCCCC1=O. The second-order valence-corrected chi connectivity index (χ2v) is 9.86. The van der Waals surface area contributed by atoms with Crippen molar-refractivity contribution in [3.8, 4) is 16.9 Å². The normalized spacial score (nSPS) is 17.7. The van der Waals surface area contributed by atoms with Crippen LogP contribution >= 0.6 is 23.2 Å². The predicted molar refractivity (Wildman–Crippen MR) is 143 cm³/mol. The maximum absolute atomic E-state index is 14.2. The van der Waals surface area contributed by atoms with Crippen LogP contribution in [0.4, 0.5) is 0 Å². The van der Waals surface area contributed by atoms with Gasteiger partial charge in [0.25, 0.3) is 5.91 Å². The van der Waals surface area contributed by atoms with Crippen LogP contribution in [0, 0.1) is 0 Å². The van der Waals surface area contributed by atoms with E-state index in [1.165, 1.54) is 0 Å². The van der Waals surface area contributed by atoms with E-state index in [4.69, 9.17) is 28.3 Å². The molecule has 1 fully saturated rings. The molecule has 1 heterocycles. The van der Waals surface area contributed by atoms with Gasteiger partial charge in [0, 0.05) is 40.8 Å². The first kappa shape index (κ1) is 24.3. The average molecular weight is 518 g/mol. The Hall–Kier alpha value is -3.41. The lowest BCUT2D eigenvalue weighted by Gasteiger charge is -2.44. The van der Waals surface area contributed by atoms with Crippen LogP contribution in [0.25, 0.3) is 16.9 Å². The van der Waals surface area contributed by atoms with Gasteiger partial charge in [-0.3, -0.25) is 9.59 Å². The summed E-state index contributed by atoms with van der Waals surface area (Å²) in [5.74, 6) is -0.293. The Labute approximate surface area is 220 Å². The van der Waals surface area contributed by atoms with Crippen LogP contribution in [0.5, 0.6) is 0 Å². The Kier molecular flexibility index (Phi) is 6.69. The van der Waals surface area contributed by atoms with E-state index in [9.17, 15) is 9.59 Å². The molecule has 5 rings (SSSR count). The number of likely N-dealkylation sites (N-methyl/N-ethyl adjacent to an activating group) is 1. The molecule has 1 saturated carbocycles. The van der Waals surface area contributed by atoms with Gasteiger partial charge in [-0.2, -0.15) is 5.10 Å². The lowest BCUT2D eigenvalue weighted by atomic mass is 9.74. The van der Waals surface area contributed by atoms with E-state index >= 15 is 0 Å². The molecular formula is C29H25Cl2N3O2. The van der Waals surface area contributed by atoms with E-state index in [1.54, 1.807) is 41.0 Å². The van der Waals surface area contributed by atoms with Crippen molar-refractivity contribution in [2.24, 2.45) is 0 Å².